The number of nitrogens with one attached hydrogen (secondary N) is 6. The van der Waals surface area contributed by atoms with Gasteiger partial charge in [-0.1, -0.05) is 18.9 Å². The topological polar surface area (TPSA) is 185 Å². The Morgan fingerprint density at radius 1 is 0.837 bits per heavy atom. The largest absolute Gasteiger partial charge is 0.444 e. The summed E-state index contributed by atoms with van der Waals surface area (Å²) in [4.78, 5) is 60.2. The maximum atomic E-state index is 12.5. The molecule has 274 valence electrons. The molecule has 0 aliphatic carbocycles. The summed E-state index contributed by atoms with van der Waals surface area (Å²) in [5.41, 5.74) is 0.436. The van der Waals surface area contributed by atoms with E-state index in [2.05, 4.69) is 31.9 Å². The number of hydrogen-bond donors (Lipinski definition) is 6. The van der Waals surface area contributed by atoms with Crippen LogP contribution in [0.4, 0.5) is 15.3 Å². The van der Waals surface area contributed by atoms with Gasteiger partial charge in [0, 0.05) is 54.7 Å². The first-order chi connectivity index (χ1) is 23.5. The van der Waals surface area contributed by atoms with Gasteiger partial charge in [-0.05, 0) is 64.7 Å². The van der Waals surface area contributed by atoms with E-state index < -0.39 is 11.7 Å². The summed E-state index contributed by atoms with van der Waals surface area (Å²) in [5.74, 6) is 0.598. The van der Waals surface area contributed by atoms with Crippen LogP contribution in [0.3, 0.4) is 0 Å². The highest BCUT2D eigenvalue weighted by Crippen LogP contribution is 2.33. The first kappa shape index (κ1) is 39.9. The van der Waals surface area contributed by atoms with Crippen molar-refractivity contribution < 1.29 is 38.2 Å². The number of fused-ring (bicyclic) bond motifs is 1. The summed E-state index contributed by atoms with van der Waals surface area (Å²) in [6, 6.07) is 7.13. The van der Waals surface area contributed by atoms with Crippen LogP contribution in [-0.4, -0.2) is 105 Å². The number of carbonyl (C=O) groups excluding carboxylic acids is 5. The van der Waals surface area contributed by atoms with E-state index in [-0.39, 0.29) is 35.8 Å². The van der Waals surface area contributed by atoms with E-state index in [0.29, 0.717) is 81.8 Å². The van der Waals surface area contributed by atoms with Crippen molar-refractivity contribution in [3.05, 3.63) is 29.8 Å². The van der Waals surface area contributed by atoms with Gasteiger partial charge in [-0.15, -0.1) is 0 Å². The molecule has 0 aromatic heterocycles. The monoisotopic (exact) mass is 706 g/mol. The van der Waals surface area contributed by atoms with Gasteiger partial charge in [-0.25, -0.2) is 9.59 Å². The summed E-state index contributed by atoms with van der Waals surface area (Å²) >= 11 is 1.89. The lowest BCUT2D eigenvalue weighted by Gasteiger charge is -2.19. The predicted molar refractivity (Wildman–Crippen MR) is 189 cm³/mol. The zero-order chi connectivity index (χ0) is 35.5. The molecule has 2 aliphatic heterocycles. The molecule has 3 rings (SSSR count). The quantitative estimate of drug-likeness (QED) is 0.0778. The standard InChI is InChI=1S/C34H54N6O8S/c1-34(2,3)48-33(45)37-17-19-47-21-20-46-18-16-36-31(43)24-10-9-11-25(22-24)38-29(42)14-5-4-8-15-35-28(41)13-7-6-12-27-30-26(23-49-27)39-32(44)40-30/h9-11,22,26-27,30H,4-8,12-21,23H2,1-3H3,(H,35,41)(H,36,43)(H,37,45)(H,38,42)(H2,39,40,44). The highest BCUT2D eigenvalue weighted by molar-refractivity contribution is 8.00. The molecule has 0 saturated carbocycles. The van der Waals surface area contributed by atoms with E-state index in [0.717, 1.165) is 37.9 Å². The third-order valence-electron chi connectivity index (χ3n) is 7.71. The van der Waals surface area contributed by atoms with E-state index in [9.17, 15) is 24.0 Å². The molecule has 3 atom stereocenters. The Kier molecular flexibility index (Phi) is 17.5. The first-order valence-corrected chi connectivity index (χ1v) is 18.3. The van der Waals surface area contributed by atoms with Crippen LogP contribution in [0, 0.1) is 0 Å². The van der Waals surface area contributed by atoms with Crippen LogP contribution >= 0.6 is 11.8 Å². The Morgan fingerprint density at radius 3 is 2.31 bits per heavy atom. The van der Waals surface area contributed by atoms with Crippen molar-refractivity contribution in [1.29, 1.82) is 0 Å². The maximum absolute atomic E-state index is 12.5. The van der Waals surface area contributed by atoms with Crippen LogP contribution in [0.5, 0.6) is 0 Å². The van der Waals surface area contributed by atoms with E-state index in [4.69, 9.17) is 14.2 Å². The Balaban J connectivity index is 1.14. The molecule has 2 saturated heterocycles. The van der Waals surface area contributed by atoms with Crippen LogP contribution in [0.1, 0.15) is 82.5 Å². The normalized spacial score (nSPS) is 18.2. The molecule has 2 fully saturated rings. The number of thioether (sulfide) groups is 1. The van der Waals surface area contributed by atoms with Crippen LogP contribution in [0.2, 0.25) is 0 Å². The molecule has 1 aromatic rings. The SMILES string of the molecule is CC(C)(C)OC(=O)NCCOCCOCCNC(=O)c1cccc(NC(=O)CCCCCNC(=O)CCCCC2SCC3NC(=O)NC32)c1. The minimum atomic E-state index is -0.546. The van der Waals surface area contributed by atoms with Gasteiger partial charge in [0.05, 0.1) is 38.5 Å². The number of hydrogen-bond acceptors (Lipinski definition) is 9. The Hall–Kier alpha value is -3.56. The number of rotatable bonds is 22. The lowest BCUT2D eigenvalue weighted by molar-refractivity contribution is -0.121. The lowest BCUT2D eigenvalue weighted by Crippen LogP contribution is -2.36. The van der Waals surface area contributed by atoms with Gasteiger partial charge < -0.3 is 46.1 Å². The minimum Gasteiger partial charge on any atom is -0.444 e. The Bertz CT molecular complexity index is 1230. The van der Waals surface area contributed by atoms with E-state index >= 15 is 0 Å². The number of carbonyl (C=O) groups is 5. The van der Waals surface area contributed by atoms with Crippen molar-refractivity contribution in [2.45, 2.75) is 95.1 Å². The molecule has 2 aliphatic rings. The third-order valence-corrected chi connectivity index (χ3v) is 9.22. The molecular formula is C34H54N6O8S. The molecular weight excluding hydrogens is 652 g/mol. The molecule has 3 unspecified atom stereocenters. The van der Waals surface area contributed by atoms with Crippen LogP contribution < -0.4 is 31.9 Å². The summed E-state index contributed by atoms with van der Waals surface area (Å²) < 4.78 is 16.0. The van der Waals surface area contributed by atoms with Gasteiger partial charge in [0.2, 0.25) is 11.8 Å². The minimum absolute atomic E-state index is 0.0507. The first-order valence-electron chi connectivity index (χ1n) is 17.3. The van der Waals surface area contributed by atoms with E-state index in [1.165, 1.54) is 0 Å². The summed E-state index contributed by atoms with van der Waals surface area (Å²) in [5, 5.41) is 17.6. The Labute approximate surface area is 293 Å². The number of alkyl carbamates (subject to hydrolysis) is 1. The smallest absolute Gasteiger partial charge is 0.407 e. The van der Waals surface area contributed by atoms with E-state index in [1.807, 2.05) is 11.8 Å². The van der Waals surface area contributed by atoms with Crippen molar-refractivity contribution in [3.8, 4) is 0 Å². The number of urea groups is 1. The Morgan fingerprint density at radius 2 is 1.55 bits per heavy atom. The molecule has 0 spiro atoms. The van der Waals surface area contributed by atoms with Crippen molar-refractivity contribution in [2.24, 2.45) is 0 Å². The number of benzene rings is 1. The second-order valence-corrected chi connectivity index (χ2v) is 14.3. The van der Waals surface area contributed by atoms with Crippen LogP contribution in [0.25, 0.3) is 0 Å². The van der Waals surface area contributed by atoms with Crippen molar-refractivity contribution in [3.63, 3.8) is 0 Å². The van der Waals surface area contributed by atoms with Gasteiger partial charge in [0.1, 0.15) is 5.60 Å². The zero-order valence-corrected chi connectivity index (χ0v) is 29.8. The third kappa shape index (κ3) is 16.6. The highest BCUT2D eigenvalue weighted by Gasteiger charge is 2.42. The molecule has 2 heterocycles. The van der Waals surface area contributed by atoms with Crippen molar-refractivity contribution in [1.82, 2.24) is 26.6 Å². The summed E-state index contributed by atoms with van der Waals surface area (Å²) in [7, 11) is 0. The maximum Gasteiger partial charge on any atom is 0.407 e. The van der Waals surface area contributed by atoms with Crippen molar-refractivity contribution >= 4 is 47.3 Å². The fourth-order valence-corrected chi connectivity index (χ4v) is 6.88. The average Bonchev–Trinajstić information content (AvgIpc) is 3.60. The van der Waals surface area contributed by atoms with Gasteiger partial charge in [0.25, 0.3) is 5.91 Å². The number of ether oxygens (including phenoxy) is 3. The molecule has 0 radical (unpaired) electrons. The molecule has 15 heteroatoms. The summed E-state index contributed by atoms with van der Waals surface area (Å²) in [6.45, 7) is 7.97. The lowest BCUT2D eigenvalue weighted by atomic mass is 10.0. The van der Waals surface area contributed by atoms with E-state index in [1.54, 1.807) is 45.0 Å². The molecule has 0 bridgehead atoms. The van der Waals surface area contributed by atoms with Gasteiger partial charge in [0.15, 0.2) is 0 Å². The highest BCUT2D eigenvalue weighted by atomic mass is 32.2. The van der Waals surface area contributed by atoms with Crippen LogP contribution in [-0.2, 0) is 23.8 Å². The van der Waals surface area contributed by atoms with Gasteiger partial charge in [-0.3, -0.25) is 14.4 Å². The fraction of sp³-hybridized carbons (Fsp3) is 0.676. The molecule has 1 aromatic carbocycles. The molecule has 49 heavy (non-hydrogen) atoms. The fourth-order valence-electron chi connectivity index (χ4n) is 5.34. The number of anilines is 1. The second kappa shape index (κ2) is 21.5. The number of amides is 6. The predicted octanol–water partition coefficient (Wildman–Crippen LogP) is 3.32. The zero-order valence-electron chi connectivity index (χ0n) is 29.0. The molecule has 6 N–H and O–H groups in total. The van der Waals surface area contributed by atoms with Crippen molar-refractivity contribution in [2.75, 3.05) is 57.1 Å². The number of unbranched alkanes of at least 4 members (excludes halogenated alkanes) is 3. The summed E-state index contributed by atoms with van der Waals surface area (Å²) in [6.07, 6.45) is 5.45. The van der Waals surface area contributed by atoms with Gasteiger partial charge in [-0.2, -0.15) is 11.8 Å². The van der Waals surface area contributed by atoms with Crippen LogP contribution in [0.15, 0.2) is 24.3 Å². The second-order valence-electron chi connectivity index (χ2n) is 13.1. The molecule has 14 nitrogen and oxygen atoms in total. The molecule has 6 amide bonds. The van der Waals surface area contributed by atoms with Gasteiger partial charge >= 0.3 is 12.1 Å². The average molecular weight is 707 g/mol.